The third-order valence-electron chi connectivity index (χ3n) is 2.81. The second-order valence-electron chi connectivity index (χ2n) is 4.22. The number of rotatable bonds is 4. The largest absolute Gasteiger partial charge is 0.417 e. The van der Waals surface area contributed by atoms with Crippen LogP contribution in [0.2, 0.25) is 0 Å². The van der Waals surface area contributed by atoms with E-state index in [4.69, 9.17) is 10.2 Å². The second-order valence-corrected chi connectivity index (χ2v) is 4.22. The van der Waals surface area contributed by atoms with E-state index in [9.17, 15) is 4.79 Å². The molecule has 1 heterocycles. The van der Waals surface area contributed by atoms with Gasteiger partial charge in [-0.05, 0) is 43.0 Å². The van der Waals surface area contributed by atoms with Crippen molar-refractivity contribution in [3.8, 4) is 0 Å². The molecule has 0 spiro atoms. The van der Waals surface area contributed by atoms with Gasteiger partial charge in [-0.15, -0.1) is 0 Å². The molecule has 0 aliphatic rings. The van der Waals surface area contributed by atoms with Crippen molar-refractivity contribution in [2.24, 2.45) is 11.7 Å². The Kier molecular flexibility index (Phi) is 3.10. The molecule has 0 saturated carbocycles. The average molecular weight is 220 g/mol. The van der Waals surface area contributed by atoms with Gasteiger partial charge in [0.1, 0.15) is 0 Å². The number of aryl methyl sites for hydroxylation is 1. The predicted octanol–water partition coefficient (Wildman–Crippen LogP) is 1.65. The Morgan fingerprint density at radius 2 is 2.31 bits per heavy atom. The first kappa shape index (κ1) is 11.0. The van der Waals surface area contributed by atoms with Crippen LogP contribution in [0.5, 0.6) is 0 Å². The number of fused-ring (bicyclic) bond motifs is 1. The minimum absolute atomic E-state index is 0.400. The quantitative estimate of drug-likeness (QED) is 0.822. The molecule has 2 aromatic rings. The number of oxazole rings is 1. The molecule has 86 valence electrons. The van der Waals surface area contributed by atoms with E-state index in [0.29, 0.717) is 18.0 Å². The van der Waals surface area contributed by atoms with Gasteiger partial charge in [-0.3, -0.25) is 4.98 Å². The molecule has 4 nitrogen and oxygen atoms in total. The van der Waals surface area contributed by atoms with Gasteiger partial charge in [0.05, 0.1) is 5.52 Å². The summed E-state index contributed by atoms with van der Waals surface area (Å²) in [4.78, 5) is 13.6. The van der Waals surface area contributed by atoms with Gasteiger partial charge < -0.3 is 10.2 Å². The number of nitrogens with one attached hydrogen (secondary N) is 1. The molecule has 0 fully saturated rings. The molecular weight excluding hydrogens is 204 g/mol. The molecule has 3 N–H and O–H groups in total. The number of hydrogen-bond donors (Lipinski definition) is 2. The number of H-pyrrole nitrogens is 1. The van der Waals surface area contributed by atoms with Crippen LogP contribution in [0, 0.1) is 5.92 Å². The van der Waals surface area contributed by atoms with Gasteiger partial charge in [-0.2, -0.15) is 0 Å². The highest BCUT2D eigenvalue weighted by molar-refractivity contribution is 5.72. The first-order valence-corrected chi connectivity index (χ1v) is 5.51. The highest BCUT2D eigenvalue weighted by Crippen LogP contribution is 2.15. The van der Waals surface area contributed by atoms with Crippen molar-refractivity contribution in [3.05, 3.63) is 34.3 Å². The predicted molar refractivity (Wildman–Crippen MR) is 63.4 cm³/mol. The van der Waals surface area contributed by atoms with Crippen molar-refractivity contribution in [2.75, 3.05) is 6.54 Å². The lowest BCUT2D eigenvalue weighted by molar-refractivity contribution is 0.544. The summed E-state index contributed by atoms with van der Waals surface area (Å²) in [5.41, 5.74) is 8.14. The summed E-state index contributed by atoms with van der Waals surface area (Å²) >= 11 is 0. The van der Waals surface area contributed by atoms with E-state index in [0.717, 1.165) is 18.4 Å². The summed E-state index contributed by atoms with van der Waals surface area (Å²) in [6.07, 6.45) is 2.03. The van der Waals surface area contributed by atoms with E-state index in [2.05, 4.69) is 11.9 Å². The van der Waals surface area contributed by atoms with Crippen LogP contribution in [-0.2, 0) is 6.42 Å². The summed E-state index contributed by atoms with van der Waals surface area (Å²) in [6, 6.07) is 5.78. The average Bonchev–Trinajstić information content (AvgIpc) is 2.65. The van der Waals surface area contributed by atoms with Gasteiger partial charge in [-0.25, -0.2) is 4.79 Å². The smallest absolute Gasteiger partial charge is 0.408 e. The van der Waals surface area contributed by atoms with Crippen molar-refractivity contribution in [2.45, 2.75) is 19.8 Å². The first-order chi connectivity index (χ1) is 7.69. The van der Waals surface area contributed by atoms with Crippen LogP contribution in [0.15, 0.2) is 27.4 Å². The van der Waals surface area contributed by atoms with Crippen LogP contribution < -0.4 is 11.5 Å². The number of benzene rings is 1. The molecule has 0 aliphatic carbocycles. The Bertz CT molecular complexity index is 527. The van der Waals surface area contributed by atoms with Crippen LogP contribution >= 0.6 is 0 Å². The van der Waals surface area contributed by atoms with Crippen molar-refractivity contribution >= 4 is 11.1 Å². The van der Waals surface area contributed by atoms with Crippen LogP contribution in [0.1, 0.15) is 18.9 Å². The summed E-state index contributed by atoms with van der Waals surface area (Å²) in [6.45, 7) is 2.85. The molecule has 4 heteroatoms. The Labute approximate surface area is 93.5 Å². The summed E-state index contributed by atoms with van der Waals surface area (Å²) in [5.74, 6) is 0.126. The first-order valence-electron chi connectivity index (χ1n) is 5.51. The van der Waals surface area contributed by atoms with Gasteiger partial charge in [0.25, 0.3) is 0 Å². The number of hydrogen-bond acceptors (Lipinski definition) is 3. The Morgan fingerprint density at radius 3 is 3.06 bits per heavy atom. The van der Waals surface area contributed by atoms with Crippen LogP contribution in [-0.4, -0.2) is 11.5 Å². The SMILES string of the molecule is CC(CN)CCc1ccc2oc(=O)[nH]c2c1. The van der Waals surface area contributed by atoms with Gasteiger partial charge in [0, 0.05) is 0 Å². The topological polar surface area (TPSA) is 72.0 Å². The van der Waals surface area contributed by atoms with E-state index < -0.39 is 5.76 Å². The molecule has 0 bridgehead atoms. The van der Waals surface area contributed by atoms with Gasteiger partial charge in [0.15, 0.2) is 5.58 Å². The van der Waals surface area contributed by atoms with E-state index in [-0.39, 0.29) is 0 Å². The fourth-order valence-electron chi connectivity index (χ4n) is 1.69. The minimum Gasteiger partial charge on any atom is -0.408 e. The zero-order valence-corrected chi connectivity index (χ0v) is 9.32. The molecule has 0 amide bonds. The number of nitrogens with two attached hydrogens (primary N) is 1. The second kappa shape index (κ2) is 4.53. The maximum atomic E-state index is 11.0. The third-order valence-corrected chi connectivity index (χ3v) is 2.81. The molecule has 1 aromatic carbocycles. The summed E-state index contributed by atoms with van der Waals surface area (Å²) in [5, 5.41) is 0. The Hall–Kier alpha value is -1.55. The normalized spacial score (nSPS) is 13.1. The molecule has 1 atom stereocenters. The Balaban J connectivity index is 2.16. The number of aromatic nitrogens is 1. The maximum absolute atomic E-state index is 11.0. The van der Waals surface area contributed by atoms with Crippen molar-refractivity contribution in [1.82, 2.24) is 4.98 Å². The Morgan fingerprint density at radius 1 is 1.50 bits per heavy atom. The zero-order valence-electron chi connectivity index (χ0n) is 9.32. The van der Waals surface area contributed by atoms with E-state index in [1.807, 2.05) is 18.2 Å². The van der Waals surface area contributed by atoms with Gasteiger partial charge >= 0.3 is 5.76 Å². The highest BCUT2D eigenvalue weighted by atomic mass is 16.4. The molecule has 2 rings (SSSR count). The molecular formula is C12H16N2O2. The molecule has 0 saturated heterocycles. The third kappa shape index (κ3) is 2.33. The lowest BCUT2D eigenvalue weighted by Crippen LogP contribution is -2.11. The van der Waals surface area contributed by atoms with Crippen molar-refractivity contribution in [3.63, 3.8) is 0 Å². The maximum Gasteiger partial charge on any atom is 0.417 e. The highest BCUT2D eigenvalue weighted by Gasteiger charge is 2.04. The van der Waals surface area contributed by atoms with Crippen LogP contribution in [0.4, 0.5) is 0 Å². The van der Waals surface area contributed by atoms with Crippen molar-refractivity contribution in [1.29, 1.82) is 0 Å². The fourth-order valence-corrected chi connectivity index (χ4v) is 1.69. The molecule has 0 radical (unpaired) electrons. The minimum atomic E-state index is -0.400. The van der Waals surface area contributed by atoms with E-state index in [1.54, 1.807) is 0 Å². The fraction of sp³-hybridized carbons (Fsp3) is 0.417. The molecule has 1 unspecified atom stereocenters. The van der Waals surface area contributed by atoms with E-state index >= 15 is 0 Å². The molecule has 0 aliphatic heterocycles. The zero-order chi connectivity index (χ0) is 11.5. The van der Waals surface area contributed by atoms with Crippen LogP contribution in [0.25, 0.3) is 11.1 Å². The monoisotopic (exact) mass is 220 g/mol. The van der Waals surface area contributed by atoms with Crippen molar-refractivity contribution < 1.29 is 4.42 Å². The molecule has 1 aromatic heterocycles. The van der Waals surface area contributed by atoms with E-state index in [1.165, 1.54) is 5.56 Å². The standard InChI is InChI=1S/C12H16N2O2/c1-8(7-13)2-3-9-4-5-11-10(6-9)14-12(15)16-11/h4-6,8H,2-3,7,13H2,1H3,(H,14,15). The lowest BCUT2D eigenvalue weighted by Gasteiger charge is -2.07. The van der Waals surface area contributed by atoms with Gasteiger partial charge in [0.2, 0.25) is 0 Å². The van der Waals surface area contributed by atoms with Gasteiger partial charge in [-0.1, -0.05) is 13.0 Å². The van der Waals surface area contributed by atoms with Crippen LogP contribution in [0.3, 0.4) is 0 Å². The summed E-state index contributed by atoms with van der Waals surface area (Å²) < 4.78 is 4.94. The summed E-state index contributed by atoms with van der Waals surface area (Å²) in [7, 11) is 0. The molecule has 16 heavy (non-hydrogen) atoms. The number of aromatic amines is 1. The lowest BCUT2D eigenvalue weighted by atomic mass is 10.0.